The Balaban J connectivity index is 1.68. The van der Waals surface area contributed by atoms with Crippen LogP contribution in [-0.4, -0.2) is 23.1 Å². The van der Waals surface area contributed by atoms with E-state index in [4.69, 9.17) is 4.74 Å². The molecule has 7 heteroatoms. The van der Waals surface area contributed by atoms with Crippen molar-refractivity contribution < 1.29 is 9.53 Å². The number of methoxy groups -OCH3 is 1. The van der Waals surface area contributed by atoms with Crippen molar-refractivity contribution in [2.75, 3.05) is 17.7 Å². The SMILES string of the molecule is COC1=CC(C)C(c2csc(NC(=O)Nc3ccncc3)n2)C(C)=C1. The lowest BCUT2D eigenvalue weighted by atomic mass is 9.81. The molecule has 0 saturated carbocycles. The minimum Gasteiger partial charge on any atom is -0.497 e. The fourth-order valence-corrected chi connectivity index (χ4v) is 3.68. The number of nitrogens with one attached hydrogen (secondary N) is 2. The molecule has 1 aliphatic carbocycles. The molecular weight excluding hydrogens is 336 g/mol. The average molecular weight is 356 g/mol. The highest BCUT2D eigenvalue weighted by molar-refractivity contribution is 7.14. The van der Waals surface area contributed by atoms with Gasteiger partial charge in [-0.15, -0.1) is 11.3 Å². The summed E-state index contributed by atoms with van der Waals surface area (Å²) >= 11 is 1.42. The molecule has 0 fully saturated rings. The first-order valence-electron chi connectivity index (χ1n) is 7.94. The fourth-order valence-electron chi connectivity index (χ4n) is 2.94. The van der Waals surface area contributed by atoms with Gasteiger partial charge in [0.25, 0.3) is 0 Å². The maximum atomic E-state index is 12.1. The van der Waals surface area contributed by atoms with E-state index in [0.717, 1.165) is 11.5 Å². The Morgan fingerprint density at radius 1 is 1.28 bits per heavy atom. The summed E-state index contributed by atoms with van der Waals surface area (Å²) in [6.45, 7) is 4.22. The van der Waals surface area contributed by atoms with Crippen LogP contribution in [0.4, 0.5) is 15.6 Å². The van der Waals surface area contributed by atoms with E-state index >= 15 is 0 Å². The van der Waals surface area contributed by atoms with Gasteiger partial charge in [-0.3, -0.25) is 10.3 Å². The van der Waals surface area contributed by atoms with Crippen molar-refractivity contribution in [1.82, 2.24) is 9.97 Å². The van der Waals surface area contributed by atoms with E-state index in [0.29, 0.717) is 10.8 Å². The maximum absolute atomic E-state index is 12.1. The van der Waals surface area contributed by atoms with Gasteiger partial charge >= 0.3 is 6.03 Å². The second kappa shape index (κ2) is 7.48. The predicted octanol–water partition coefficient (Wildman–Crippen LogP) is 4.39. The lowest BCUT2D eigenvalue weighted by Crippen LogP contribution is -2.19. The molecule has 0 spiro atoms. The van der Waals surface area contributed by atoms with Gasteiger partial charge in [0.15, 0.2) is 5.13 Å². The number of carbonyl (C=O) groups is 1. The highest BCUT2D eigenvalue weighted by atomic mass is 32.1. The van der Waals surface area contributed by atoms with Crippen molar-refractivity contribution in [3.8, 4) is 0 Å². The van der Waals surface area contributed by atoms with Crippen molar-refractivity contribution in [1.29, 1.82) is 0 Å². The standard InChI is InChI=1S/C18H20N4O2S/c1-11-8-14(24-3)9-12(2)16(11)15-10-25-18(21-15)22-17(23)20-13-4-6-19-7-5-13/h4-11,16H,1-3H3,(H2,19,20,21,22,23). The van der Waals surface area contributed by atoms with Crippen LogP contribution in [0.1, 0.15) is 25.5 Å². The van der Waals surface area contributed by atoms with Crippen LogP contribution in [0.2, 0.25) is 0 Å². The molecule has 6 nitrogen and oxygen atoms in total. The molecule has 0 aromatic carbocycles. The number of carbonyl (C=O) groups excluding carboxylic acids is 1. The van der Waals surface area contributed by atoms with Crippen molar-refractivity contribution in [2.24, 2.45) is 5.92 Å². The molecule has 0 radical (unpaired) electrons. The van der Waals surface area contributed by atoms with E-state index in [1.807, 2.05) is 11.5 Å². The number of amides is 2. The Bertz CT molecular complexity index is 813. The number of allylic oxidation sites excluding steroid dienone is 3. The van der Waals surface area contributed by atoms with Gasteiger partial charge < -0.3 is 10.1 Å². The van der Waals surface area contributed by atoms with Gasteiger partial charge in [-0.2, -0.15) is 0 Å². The van der Waals surface area contributed by atoms with Crippen LogP contribution in [0.25, 0.3) is 0 Å². The molecule has 0 bridgehead atoms. The van der Waals surface area contributed by atoms with E-state index in [9.17, 15) is 4.79 Å². The van der Waals surface area contributed by atoms with Gasteiger partial charge in [0.2, 0.25) is 0 Å². The van der Waals surface area contributed by atoms with Gasteiger partial charge in [0.1, 0.15) is 5.76 Å². The van der Waals surface area contributed by atoms with Crippen LogP contribution in [0, 0.1) is 5.92 Å². The second-order valence-corrected chi connectivity index (χ2v) is 6.75. The third-order valence-corrected chi connectivity index (χ3v) is 4.82. The Kier molecular flexibility index (Phi) is 5.14. The summed E-state index contributed by atoms with van der Waals surface area (Å²) in [7, 11) is 1.68. The van der Waals surface area contributed by atoms with Crippen LogP contribution < -0.4 is 10.6 Å². The van der Waals surface area contributed by atoms with Crippen LogP contribution in [0.15, 0.2) is 53.4 Å². The highest BCUT2D eigenvalue weighted by Gasteiger charge is 2.26. The van der Waals surface area contributed by atoms with E-state index in [1.54, 1.807) is 31.6 Å². The molecule has 1 aliphatic rings. The molecule has 2 aromatic rings. The smallest absolute Gasteiger partial charge is 0.325 e. The van der Waals surface area contributed by atoms with E-state index in [-0.39, 0.29) is 17.9 Å². The topological polar surface area (TPSA) is 76.1 Å². The maximum Gasteiger partial charge on any atom is 0.325 e. The Labute approximate surface area is 150 Å². The minimum absolute atomic E-state index is 0.189. The zero-order valence-corrected chi connectivity index (χ0v) is 15.1. The normalized spacial score (nSPS) is 19.6. The third-order valence-electron chi connectivity index (χ3n) is 4.05. The summed E-state index contributed by atoms with van der Waals surface area (Å²) in [5.74, 6) is 1.35. The molecule has 0 saturated heterocycles. The summed E-state index contributed by atoms with van der Waals surface area (Å²) in [6, 6.07) is 3.13. The Hall–Kier alpha value is -2.67. The Morgan fingerprint density at radius 3 is 2.72 bits per heavy atom. The molecule has 2 amide bonds. The summed E-state index contributed by atoms with van der Waals surface area (Å²) in [4.78, 5) is 20.6. The molecule has 2 aromatic heterocycles. The lowest BCUT2D eigenvalue weighted by Gasteiger charge is -2.25. The molecule has 2 unspecified atom stereocenters. The third kappa shape index (κ3) is 4.06. The molecule has 0 aliphatic heterocycles. The van der Waals surface area contributed by atoms with Crippen LogP contribution in [0.5, 0.6) is 0 Å². The van der Waals surface area contributed by atoms with Gasteiger partial charge in [0, 0.05) is 29.4 Å². The van der Waals surface area contributed by atoms with Crippen molar-refractivity contribution in [2.45, 2.75) is 19.8 Å². The Morgan fingerprint density at radius 2 is 2.04 bits per heavy atom. The summed E-state index contributed by atoms with van der Waals surface area (Å²) < 4.78 is 5.33. The zero-order valence-electron chi connectivity index (χ0n) is 14.3. The number of pyridine rings is 1. The number of hydrogen-bond donors (Lipinski definition) is 2. The number of aromatic nitrogens is 2. The average Bonchev–Trinajstić information content (AvgIpc) is 3.02. The van der Waals surface area contributed by atoms with E-state index < -0.39 is 0 Å². The molecule has 130 valence electrons. The van der Waals surface area contributed by atoms with Crippen molar-refractivity contribution in [3.63, 3.8) is 0 Å². The summed E-state index contributed by atoms with van der Waals surface area (Å²) in [5.41, 5.74) is 2.84. The van der Waals surface area contributed by atoms with Gasteiger partial charge in [0.05, 0.1) is 12.8 Å². The molecule has 25 heavy (non-hydrogen) atoms. The number of hydrogen-bond acceptors (Lipinski definition) is 5. The van der Waals surface area contributed by atoms with E-state index in [1.165, 1.54) is 16.9 Å². The number of anilines is 2. The molecule has 2 atom stereocenters. The highest BCUT2D eigenvalue weighted by Crippen LogP contribution is 2.38. The second-order valence-electron chi connectivity index (χ2n) is 5.89. The minimum atomic E-state index is -0.322. The predicted molar refractivity (Wildman–Crippen MR) is 99.7 cm³/mol. The summed E-state index contributed by atoms with van der Waals surface area (Å²) in [5, 5.41) is 8.09. The van der Waals surface area contributed by atoms with Crippen molar-refractivity contribution >= 4 is 28.2 Å². The zero-order chi connectivity index (χ0) is 17.8. The molecule has 2 heterocycles. The number of ether oxygens (including phenoxy) is 1. The number of rotatable bonds is 4. The molecular formula is C18H20N4O2S. The number of nitrogens with zero attached hydrogens (tertiary/aromatic N) is 2. The quantitative estimate of drug-likeness (QED) is 0.852. The van der Waals surface area contributed by atoms with Crippen LogP contribution >= 0.6 is 11.3 Å². The molecule has 2 N–H and O–H groups in total. The monoisotopic (exact) mass is 356 g/mol. The number of urea groups is 1. The van der Waals surface area contributed by atoms with Crippen LogP contribution in [-0.2, 0) is 4.74 Å². The van der Waals surface area contributed by atoms with Gasteiger partial charge in [-0.05, 0) is 37.1 Å². The van der Waals surface area contributed by atoms with E-state index in [2.05, 4.69) is 40.5 Å². The largest absolute Gasteiger partial charge is 0.497 e. The van der Waals surface area contributed by atoms with Crippen molar-refractivity contribution in [3.05, 3.63) is 59.1 Å². The first-order chi connectivity index (χ1) is 12.1. The van der Waals surface area contributed by atoms with Gasteiger partial charge in [-0.25, -0.2) is 9.78 Å². The fraction of sp³-hybridized carbons (Fsp3) is 0.278. The first-order valence-corrected chi connectivity index (χ1v) is 8.82. The van der Waals surface area contributed by atoms with Gasteiger partial charge in [-0.1, -0.05) is 12.5 Å². The lowest BCUT2D eigenvalue weighted by molar-refractivity contribution is 0.262. The first kappa shape index (κ1) is 17.2. The number of thiazole rings is 1. The summed E-state index contributed by atoms with van der Waals surface area (Å²) in [6.07, 6.45) is 7.38. The molecule has 3 rings (SSSR count). The van der Waals surface area contributed by atoms with Crippen LogP contribution in [0.3, 0.4) is 0 Å².